The summed E-state index contributed by atoms with van der Waals surface area (Å²) in [4.78, 5) is 23.8. The number of carbonyl (C=O) groups excluding carboxylic acids is 1. The van der Waals surface area contributed by atoms with E-state index in [-0.39, 0.29) is 11.7 Å². The van der Waals surface area contributed by atoms with Crippen LogP contribution in [0.5, 0.6) is 17.2 Å². The van der Waals surface area contributed by atoms with Crippen LogP contribution in [0, 0.1) is 11.2 Å². The van der Waals surface area contributed by atoms with Crippen LogP contribution in [0.4, 0.5) is 4.39 Å². The van der Waals surface area contributed by atoms with Crippen molar-refractivity contribution < 1.29 is 41.5 Å². The number of aliphatic hydroxyl groups is 1. The highest BCUT2D eigenvalue weighted by atomic mass is 35.5. The first kappa shape index (κ1) is 44.1. The van der Waals surface area contributed by atoms with Gasteiger partial charge in [0.2, 0.25) is 11.7 Å². The van der Waals surface area contributed by atoms with Crippen molar-refractivity contribution in [3.8, 4) is 17.2 Å². The zero-order valence-electron chi connectivity index (χ0n) is 33.5. The van der Waals surface area contributed by atoms with Gasteiger partial charge in [0.15, 0.2) is 11.5 Å². The lowest BCUT2D eigenvalue weighted by Gasteiger charge is -2.39. The van der Waals surface area contributed by atoms with Crippen LogP contribution in [0.2, 0.25) is 10.0 Å². The van der Waals surface area contributed by atoms with E-state index in [4.69, 9.17) is 46.9 Å². The van der Waals surface area contributed by atoms with Crippen molar-refractivity contribution in [2.24, 2.45) is 5.41 Å². The molecule has 5 aromatic rings. The topological polar surface area (TPSA) is 144 Å². The Balaban J connectivity index is 0.00000110. The Morgan fingerprint density at radius 2 is 1.44 bits per heavy atom. The van der Waals surface area contributed by atoms with Crippen molar-refractivity contribution in [1.82, 2.24) is 19.4 Å². The minimum Gasteiger partial charge on any atom is -0.493 e. The van der Waals surface area contributed by atoms with Gasteiger partial charge >= 0.3 is 0 Å². The number of aromatic nitrogens is 2. The summed E-state index contributed by atoms with van der Waals surface area (Å²) in [7, 11) is 1.06. The first-order chi connectivity index (χ1) is 28.0. The number of methoxy groups -OCH3 is 3. The van der Waals surface area contributed by atoms with E-state index in [1.165, 1.54) is 12.1 Å². The highest BCUT2D eigenvalue weighted by molar-refractivity contribution is 7.85. The van der Waals surface area contributed by atoms with Crippen LogP contribution >= 0.6 is 23.2 Å². The molecular weight excluding hydrogens is 822 g/mol. The van der Waals surface area contributed by atoms with Gasteiger partial charge in [0.1, 0.15) is 17.2 Å². The molecule has 0 bridgehead atoms. The predicted molar refractivity (Wildman–Crippen MR) is 226 cm³/mol. The van der Waals surface area contributed by atoms with E-state index in [1.807, 2.05) is 53.4 Å². The number of amides is 1. The Morgan fingerprint density at radius 1 is 0.814 bits per heavy atom. The van der Waals surface area contributed by atoms with Gasteiger partial charge in [-0.2, -0.15) is 8.42 Å². The molecule has 0 radical (unpaired) electrons. The van der Waals surface area contributed by atoms with Crippen molar-refractivity contribution in [2.75, 3.05) is 53.8 Å². The fourth-order valence-electron chi connectivity index (χ4n) is 8.12. The molecule has 1 amide bonds. The molecule has 12 nitrogen and oxygen atoms in total. The summed E-state index contributed by atoms with van der Waals surface area (Å²) >= 11 is 12.7. The molecule has 0 saturated carbocycles. The third-order valence-corrected chi connectivity index (χ3v) is 11.9. The molecule has 0 spiro atoms. The second-order valence-electron chi connectivity index (χ2n) is 15.2. The highest BCUT2D eigenvalue weighted by Crippen LogP contribution is 2.43. The molecule has 2 saturated heterocycles. The molecule has 16 heteroatoms. The summed E-state index contributed by atoms with van der Waals surface area (Å²) in [5, 5.41) is 13.1. The molecule has 3 heterocycles. The van der Waals surface area contributed by atoms with Gasteiger partial charge in [0.25, 0.3) is 10.1 Å². The third kappa shape index (κ3) is 10.5. The standard InChI is InChI=1S/C42H45Cl2FN4O5.CH4O3S/c1-52-36-23-30(24-37(53-2)38(36)54-3)26-48-21-15-41(40(48)50,25-29-10-13-32(43)33(44)22-29)14-18-47-19-16-42(51,17-20-47)39-46-34-6-4-5-7-35(34)49(39)27-28-8-11-31(45)12-9-28;1-5(2,3)4/h4-13,22-24,51H,14-21,25-27H2,1-3H3;1H3,(H,2,3,4). The fourth-order valence-corrected chi connectivity index (χ4v) is 8.44. The average molecular weight is 872 g/mol. The molecule has 2 fully saturated rings. The van der Waals surface area contributed by atoms with E-state index in [1.54, 1.807) is 39.5 Å². The fraction of sp³-hybridized carbons (Fsp3) is 0.395. The number of piperidine rings is 1. The number of para-hydroxylation sites is 2. The Bertz CT molecular complexity index is 2360. The number of likely N-dealkylation sites (tertiary alicyclic amines) is 2. The molecule has 4 aromatic carbocycles. The van der Waals surface area contributed by atoms with E-state index in [0.717, 1.165) is 27.7 Å². The summed E-state index contributed by atoms with van der Waals surface area (Å²) < 4.78 is 58.3. The minimum atomic E-state index is -3.67. The van der Waals surface area contributed by atoms with E-state index >= 15 is 0 Å². The lowest BCUT2D eigenvalue weighted by Crippen LogP contribution is -2.46. The van der Waals surface area contributed by atoms with Crippen LogP contribution in [0.1, 0.15) is 48.2 Å². The summed E-state index contributed by atoms with van der Waals surface area (Å²) in [6, 6.07) is 23.7. The Labute approximate surface area is 354 Å². The van der Waals surface area contributed by atoms with Crippen molar-refractivity contribution in [1.29, 1.82) is 0 Å². The van der Waals surface area contributed by atoms with Crippen LogP contribution in [-0.2, 0) is 40.0 Å². The maximum atomic E-state index is 14.6. The van der Waals surface area contributed by atoms with Crippen LogP contribution in [-0.4, -0.2) is 97.1 Å². The minimum absolute atomic E-state index is 0.0883. The van der Waals surface area contributed by atoms with Crippen LogP contribution in [0.15, 0.2) is 78.9 Å². The first-order valence-electron chi connectivity index (χ1n) is 19.1. The maximum absolute atomic E-state index is 14.6. The summed E-state index contributed by atoms with van der Waals surface area (Å²) in [6.07, 6.45) is 3.54. The van der Waals surface area contributed by atoms with Crippen LogP contribution < -0.4 is 14.2 Å². The van der Waals surface area contributed by atoms with Gasteiger partial charge in [-0.25, -0.2) is 9.37 Å². The quantitative estimate of drug-likeness (QED) is 0.115. The zero-order chi connectivity index (χ0) is 42.5. The van der Waals surface area contributed by atoms with E-state index in [9.17, 15) is 22.7 Å². The molecular formula is C43H49Cl2FN4O8S. The molecule has 1 atom stereocenters. The van der Waals surface area contributed by atoms with Gasteiger partial charge in [0.05, 0.1) is 54.1 Å². The molecule has 316 valence electrons. The molecule has 1 aromatic heterocycles. The van der Waals surface area contributed by atoms with Crippen molar-refractivity contribution in [2.45, 2.75) is 50.8 Å². The van der Waals surface area contributed by atoms with Crippen LogP contribution in [0.3, 0.4) is 0 Å². The molecule has 7 rings (SSSR count). The number of ether oxygens (including phenoxy) is 3. The smallest absolute Gasteiger partial charge is 0.261 e. The monoisotopic (exact) mass is 870 g/mol. The molecule has 2 aliphatic rings. The molecule has 0 aliphatic carbocycles. The Hall–Kier alpha value is -4.44. The number of rotatable bonds is 13. The van der Waals surface area contributed by atoms with Gasteiger partial charge in [-0.3, -0.25) is 9.35 Å². The summed E-state index contributed by atoms with van der Waals surface area (Å²) in [6.45, 7) is 3.43. The lowest BCUT2D eigenvalue weighted by molar-refractivity contribution is -0.137. The van der Waals surface area contributed by atoms with Crippen LogP contribution in [0.25, 0.3) is 11.0 Å². The number of nitrogens with zero attached hydrogens (tertiary/aromatic N) is 4. The maximum Gasteiger partial charge on any atom is 0.261 e. The van der Waals surface area contributed by atoms with Crippen molar-refractivity contribution in [3.63, 3.8) is 0 Å². The number of benzene rings is 4. The zero-order valence-corrected chi connectivity index (χ0v) is 35.8. The number of hydrogen-bond acceptors (Lipinski definition) is 9. The molecule has 2 N–H and O–H groups in total. The normalized spacial score (nSPS) is 18.1. The third-order valence-electron chi connectivity index (χ3n) is 11.1. The van der Waals surface area contributed by atoms with Crippen molar-refractivity contribution in [3.05, 3.63) is 117 Å². The number of halogens is 3. The average Bonchev–Trinajstić information content (AvgIpc) is 3.72. The molecule has 1 unspecified atom stereocenters. The molecule has 2 aliphatic heterocycles. The largest absolute Gasteiger partial charge is 0.493 e. The second kappa shape index (κ2) is 18.4. The number of imidazole rings is 1. The number of carbonyl (C=O) groups is 1. The predicted octanol–water partition coefficient (Wildman–Crippen LogP) is 7.40. The lowest BCUT2D eigenvalue weighted by atomic mass is 9.76. The summed E-state index contributed by atoms with van der Waals surface area (Å²) in [5.41, 5.74) is 2.69. The number of hydrogen-bond donors (Lipinski definition) is 2. The van der Waals surface area contributed by atoms with E-state index in [2.05, 4.69) is 9.47 Å². The van der Waals surface area contributed by atoms with E-state index in [0.29, 0.717) is 111 Å². The van der Waals surface area contributed by atoms with E-state index < -0.39 is 21.1 Å². The van der Waals surface area contributed by atoms with Crippen molar-refractivity contribution >= 4 is 50.3 Å². The second-order valence-corrected chi connectivity index (χ2v) is 17.5. The van der Waals surface area contributed by atoms with Gasteiger partial charge in [-0.15, -0.1) is 0 Å². The van der Waals surface area contributed by atoms with Gasteiger partial charge in [-0.05, 0) is 104 Å². The summed E-state index contributed by atoms with van der Waals surface area (Å²) in [5.74, 6) is 2.00. The first-order valence-corrected chi connectivity index (χ1v) is 21.7. The molecule has 59 heavy (non-hydrogen) atoms. The van der Waals surface area contributed by atoms with Gasteiger partial charge in [-0.1, -0.05) is 53.5 Å². The Kier molecular flexibility index (Phi) is 13.8. The Morgan fingerprint density at radius 3 is 2.05 bits per heavy atom. The van der Waals surface area contributed by atoms with Gasteiger partial charge in [0, 0.05) is 32.7 Å². The van der Waals surface area contributed by atoms with Gasteiger partial charge < -0.3 is 33.7 Å². The highest BCUT2D eigenvalue weighted by Gasteiger charge is 2.47. The SMILES string of the molecule is COc1cc(CN2CCC(CCN3CCC(O)(c4nc5ccccc5n4Cc4ccc(F)cc4)CC3)(Cc3ccc(Cl)c(Cl)c3)C2=O)cc(OC)c1OC.CS(=O)(=O)O. The number of fused-ring (bicyclic) bond motifs is 1.